The summed E-state index contributed by atoms with van der Waals surface area (Å²) >= 11 is 1.17. The number of benzene rings is 1. The smallest absolute Gasteiger partial charge is 0.340 e. The number of nitrogens with one attached hydrogen (secondary N) is 1. The van der Waals surface area contributed by atoms with E-state index in [9.17, 15) is 14.4 Å². The van der Waals surface area contributed by atoms with E-state index in [4.69, 9.17) is 9.47 Å². The van der Waals surface area contributed by atoms with Crippen LogP contribution in [0, 0.1) is 13.8 Å². The zero-order valence-corrected chi connectivity index (χ0v) is 19.7. The highest BCUT2D eigenvalue weighted by atomic mass is 32.2. The van der Waals surface area contributed by atoms with Crippen LogP contribution in [0.1, 0.15) is 52.0 Å². The lowest BCUT2D eigenvalue weighted by Gasteiger charge is -2.18. The molecule has 0 fully saturated rings. The number of hydrogen-bond donors (Lipinski definition) is 1. The van der Waals surface area contributed by atoms with Gasteiger partial charge in [0, 0.05) is 18.5 Å². The molecule has 0 saturated carbocycles. The first-order valence-corrected chi connectivity index (χ1v) is 11.3. The van der Waals surface area contributed by atoms with Crippen molar-refractivity contribution >= 4 is 34.4 Å². The molecule has 0 bridgehead atoms. The largest absolute Gasteiger partial charge is 0.462 e. The van der Waals surface area contributed by atoms with Crippen molar-refractivity contribution < 1.29 is 19.1 Å². The summed E-state index contributed by atoms with van der Waals surface area (Å²) in [4.78, 5) is 46.4. The third-order valence-electron chi connectivity index (χ3n) is 5.09. The van der Waals surface area contributed by atoms with Crippen molar-refractivity contribution in [1.29, 1.82) is 0 Å². The quantitative estimate of drug-likeness (QED) is 0.226. The van der Waals surface area contributed by atoms with Crippen LogP contribution in [-0.2, 0) is 9.47 Å². The molecule has 1 N–H and O–H groups in total. The monoisotopic (exact) mass is 457 g/mol. The Morgan fingerprint density at radius 2 is 1.88 bits per heavy atom. The van der Waals surface area contributed by atoms with Crippen LogP contribution >= 0.6 is 11.8 Å². The Balaban J connectivity index is 1.98. The first-order chi connectivity index (χ1) is 15.3. The molecule has 0 unspecified atom stereocenters. The number of fused-ring (bicyclic) bond motifs is 1. The van der Waals surface area contributed by atoms with Gasteiger partial charge in [-0.3, -0.25) is 14.2 Å². The molecule has 0 aliphatic carbocycles. The van der Waals surface area contributed by atoms with Crippen molar-refractivity contribution in [2.24, 2.45) is 0 Å². The number of para-hydroxylation sites is 1. The Labute approximate surface area is 190 Å². The highest BCUT2D eigenvalue weighted by Crippen LogP contribution is 2.25. The van der Waals surface area contributed by atoms with Gasteiger partial charge in [-0.05, 0) is 39.8 Å². The number of carbonyl (C=O) groups is 2. The van der Waals surface area contributed by atoms with Gasteiger partial charge in [-0.2, -0.15) is 0 Å². The normalized spacial score (nSPS) is 12.2. The Morgan fingerprint density at radius 3 is 2.56 bits per heavy atom. The van der Waals surface area contributed by atoms with Gasteiger partial charge < -0.3 is 14.5 Å². The maximum atomic E-state index is 13.2. The third kappa shape index (κ3) is 4.63. The second kappa shape index (κ2) is 10.1. The molecule has 0 aliphatic heterocycles. The molecule has 0 saturated heterocycles. The van der Waals surface area contributed by atoms with Crippen molar-refractivity contribution in [3.8, 4) is 0 Å². The van der Waals surface area contributed by atoms with Crippen molar-refractivity contribution in [3.63, 3.8) is 0 Å². The van der Waals surface area contributed by atoms with E-state index in [1.165, 1.54) is 11.8 Å². The van der Waals surface area contributed by atoms with Crippen LogP contribution in [0.5, 0.6) is 0 Å². The molecule has 0 aliphatic rings. The van der Waals surface area contributed by atoms with E-state index in [2.05, 4.69) is 9.97 Å². The Hall–Kier alpha value is -2.91. The lowest BCUT2D eigenvalue weighted by Crippen LogP contribution is -2.28. The fraction of sp³-hybridized carbons (Fsp3) is 0.391. The summed E-state index contributed by atoms with van der Waals surface area (Å²) in [5, 5.41) is 0.932. The zero-order valence-electron chi connectivity index (χ0n) is 18.9. The number of esters is 1. The van der Waals surface area contributed by atoms with Gasteiger partial charge >= 0.3 is 5.97 Å². The van der Waals surface area contributed by atoms with Crippen molar-refractivity contribution in [3.05, 3.63) is 57.1 Å². The number of ether oxygens (including phenoxy) is 2. The molecule has 0 radical (unpaired) electrons. The van der Waals surface area contributed by atoms with E-state index in [1.807, 2.05) is 13.0 Å². The van der Waals surface area contributed by atoms with Crippen LogP contribution in [0.15, 0.2) is 34.2 Å². The Kier molecular flexibility index (Phi) is 7.52. The number of H-pyrrole nitrogens is 1. The van der Waals surface area contributed by atoms with Crippen LogP contribution in [0.25, 0.3) is 10.9 Å². The molecule has 3 aromatic rings. The number of hydrogen-bond acceptors (Lipinski definition) is 7. The summed E-state index contributed by atoms with van der Waals surface area (Å²) in [5.41, 5.74) is 2.14. The van der Waals surface area contributed by atoms with E-state index >= 15 is 0 Å². The number of Topliss-reactive ketones (excluding diaryl/α,β-unsaturated/α-hetero) is 1. The zero-order chi connectivity index (χ0) is 23.4. The topological polar surface area (TPSA) is 103 Å². The van der Waals surface area contributed by atoms with Gasteiger partial charge in [0.15, 0.2) is 10.9 Å². The fourth-order valence-electron chi connectivity index (χ4n) is 3.72. The van der Waals surface area contributed by atoms with Crippen molar-refractivity contribution in [1.82, 2.24) is 14.5 Å². The fourth-order valence-corrected chi connectivity index (χ4v) is 4.69. The van der Waals surface area contributed by atoms with Crippen LogP contribution in [0.3, 0.4) is 0 Å². The number of aryl methyl sites for hydroxylation is 2. The molecule has 9 heteroatoms. The number of methoxy groups -OCH3 is 1. The van der Waals surface area contributed by atoms with Crippen LogP contribution < -0.4 is 5.56 Å². The van der Waals surface area contributed by atoms with Crippen LogP contribution in [0.4, 0.5) is 0 Å². The summed E-state index contributed by atoms with van der Waals surface area (Å²) in [6.07, 6.45) is 0. The number of ketones is 1. The SMILES string of the molecule is CCOC(=O)c1c(C)[nH]c(C)c1C(=O)CSc1nc2ccccc2c(=O)n1[C@@H](C)COC. The lowest BCUT2D eigenvalue weighted by molar-refractivity contribution is 0.0522. The highest BCUT2D eigenvalue weighted by Gasteiger charge is 2.26. The summed E-state index contributed by atoms with van der Waals surface area (Å²) in [6, 6.07) is 6.84. The summed E-state index contributed by atoms with van der Waals surface area (Å²) in [7, 11) is 1.57. The number of carbonyl (C=O) groups excluding carboxylic acids is 2. The van der Waals surface area contributed by atoms with E-state index in [0.29, 0.717) is 39.6 Å². The van der Waals surface area contributed by atoms with Gasteiger partial charge in [0.05, 0.1) is 47.0 Å². The van der Waals surface area contributed by atoms with Gasteiger partial charge in [0.25, 0.3) is 5.56 Å². The van der Waals surface area contributed by atoms with Gasteiger partial charge in [0.2, 0.25) is 0 Å². The maximum absolute atomic E-state index is 13.2. The molecule has 0 amide bonds. The van der Waals surface area contributed by atoms with Crippen LogP contribution in [-0.4, -0.2) is 52.4 Å². The summed E-state index contributed by atoms with van der Waals surface area (Å²) in [5.74, 6) is -0.764. The molecule has 1 atom stereocenters. The van der Waals surface area contributed by atoms with Crippen molar-refractivity contribution in [2.45, 2.75) is 38.9 Å². The van der Waals surface area contributed by atoms with Crippen LogP contribution in [0.2, 0.25) is 0 Å². The molecule has 1 aromatic carbocycles. The van der Waals surface area contributed by atoms with Gasteiger partial charge in [0.1, 0.15) is 0 Å². The summed E-state index contributed by atoms with van der Waals surface area (Å²) in [6.45, 7) is 7.61. The number of aromatic nitrogens is 3. The Morgan fingerprint density at radius 1 is 1.19 bits per heavy atom. The number of rotatable bonds is 9. The van der Waals surface area contributed by atoms with E-state index < -0.39 is 5.97 Å². The number of nitrogens with zero attached hydrogens (tertiary/aromatic N) is 2. The van der Waals surface area contributed by atoms with Crippen molar-refractivity contribution in [2.75, 3.05) is 26.1 Å². The molecule has 32 heavy (non-hydrogen) atoms. The molecule has 8 nitrogen and oxygen atoms in total. The maximum Gasteiger partial charge on any atom is 0.340 e. The molecular weight excluding hydrogens is 430 g/mol. The predicted octanol–water partition coefficient (Wildman–Crippen LogP) is 3.70. The highest BCUT2D eigenvalue weighted by molar-refractivity contribution is 7.99. The standard InChI is InChI=1S/C23H27N3O5S/c1-6-31-22(29)20-15(4)24-14(3)19(20)18(27)12-32-23-25-17-10-8-7-9-16(17)21(28)26(23)13(2)11-30-5/h7-10,13,24H,6,11-12H2,1-5H3/t13-/m0/s1. The first-order valence-electron chi connectivity index (χ1n) is 10.3. The van der Waals surface area contributed by atoms with E-state index in [0.717, 1.165) is 0 Å². The minimum atomic E-state index is -0.530. The predicted molar refractivity (Wildman–Crippen MR) is 124 cm³/mol. The number of aromatic amines is 1. The van der Waals surface area contributed by atoms with Gasteiger partial charge in [-0.1, -0.05) is 23.9 Å². The van der Waals surface area contributed by atoms with Gasteiger partial charge in [-0.15, -0.1) is 0 Å². The first kappa shape index (κ1) is 23.7. The van der Waals surface area contributed by atoms with E-state index in [1.54, 1.807) is 50.6 Å². The molecular formula is C23H27N3O5S. The molecule has 2 heterocycles. The molecule has 170 valence electrons. The number of thioether (sulfide) groups is 1. The summed E-state index contributed by atoms with van der Waals surface area (Å²) < 4.78 is 11.9. The molecule has 3 rings (SSSR count). The minimum absolute atomic E-state index is 0.00895. The van der Waals surface area contributed by atoms with E-state index in [-0.39, 0.29) is 35.3 Å². The minimum Gasteiger partial charge on any atom is -0.462 e. The lowest BCUT2D eigenvalue weighted by atomic mass is 10.1. The third-order valence-corrected chi connectivity index (χ3v) is 6.04. The average molecular weight is 458 g/mol. The molecule has 2 aromatic heterocycles. The average Bonchev–Trinajstić information content (AvgIpc) is 3.06. The second-order valence-electron chi connectivity index (χ2n) is 7.45. The Bertz CT molecular complexity index is 1210. The van der Waals surface area contributed by atoms with Gasteiger partial charge in [-0.25, -0.2) is 9.78 Å². The molecule has 0 spiro atoms. The second-order valence-corrected chi connectivity index (χ2v) is 8.39.